The molecule has 0 unspecified atom stereocenters. The number of nitrogens with one attached hydrogen (secondary N) is 1. The monoisotopic (exact) mass is 376 g/mol. The van der Waals surface area contributed by atoms with E-state index in [1.165, 1.54) is 26.1 Å². The minimum atomic E-state index is 0. The van der Waals surface area contributed by atoms with E-state index in [-0.39, 0.29) is 5.48 Å². The third-order valence-electron chi connectivity index (χ3n) is 4.15. The third kappa shape index (κ3) is 3.01. The normalized spacial score (nSPS) is 14.7. The molecule has 2 heterocycles. The Labute approximate surface area is 159 Å². The first-order chi connectivity index (χ1) is 12.4. The van der Waals surface area contributed by atoms with Crippen LogP contribution in [0.5, 0.6) is 0 Å². The summed E-state index contributed by atoms with van der Waals surface area (Å²) >= 11 is 3.49. The zero-order valence-electron chi connectivity index (χ0n) is 13.8. The van der Waals surface area contributed by atoms with E-state index in [9.17, 15) is 0 Å². The van der Waals surface area contributed by atoms with Gasteiger partial charge in [-0.05, 0) is 35.7 Å². The number of thiazole rings is 1. The van der Waals surface area contributed by atoms with Gasteiger partial charge in [0.25, 0.3) is 0 Å². The molecule has 1 aromatic heterocycles. The molecule has 128 valence electrons. The smallest absolute Gasteiger partial charge is 0.117 e. The third-order valence-corrected chi connectivity index (χ3v) is 6.17. The number of rotatable bonds is 2. The first kappa shape index (κ1) is 16.8. The van der Waals surface area contributed by atoms with Gasteiger partial charge in [0.15, 0.2) is 0 Å². The molecule has 4 aromatic rings. The Morgan fingerprint density at radius 1 is 0.923 bits per heavy atom. The number of anilines is 1. The van der Waals surface area contributed by atoms with Gasteiger partial charge in [-0.2, -0.15) is 0 Å². The topological polar surface area (TPSA) is 56.4 Å². The summed E-state index contributed by atoms with van der Waals surface area (Å²) in [5, 5.41) is 8.06. The van der Waals surface area contributed by atoms with Crippen molar-refractivity contribution in [2.24, 2.45) is 0 Å². The van der Waals surface area contributed by atoms with Crippen LogP contribution in [0, 0.1) is 0 Å². The molecular formula is C21H16N2OS2. The van der Waals surface area contributed by atoms with E-state index in [0.29, 0.717) is 0 Å². The van der Waals surface area contributed by atoms with E-state index in [2.05, 4.69) is 84.2 Å². The maximum atomic E-state index is 4.82. The Morgan fingerprint density at radius 2 is 1.77 bits per heavy atom. The van der Waals surface area contributed by atoms with Crippen LogP contribution >= 0.6 is 23.1 Å². The minimum Gasteiger partial charge on any atom is -0.412 e. The van der Waals surface area contributed by atoms with E-state index >= 15 is 0 Å². The van der Waals surface area contributed by atoms with Crippen LogP contribution in [0.25, 0.3) is 27.1 Å². The second-order valence-electron chi connectivity index (χ2n) is 5.80. The predicted molar refractivity (Wildman–Crippen MR) is 114 cm³/mol. The molecule has 3 aromatic carbocycles. The van der Waals surface area contributed by atoms with Crippen LogP contribution in [-0.2, 0) is 0 Å². The zero-order valence-corrected chi connectivity index (χ0v) is 15.4. The summed E-state index contributed by atoms with van der Waals surface area (Å²) in [6.07, 6.45) is 6.26. The molecule has 0 spiro atoms. The molecule has 0 radical (unpaired) electrons. The van der Waals surface area contributed by atoms with Crippen molar-refractivity contribution in [1.82, 2.24) is 4.98 Å². The fourth-order valence-electron chi connectivity index (χ4n) is 2.98. The van der Waals surface area contributed by atoms with Crippen LogP contribution < -0.4 is 5.32 Å². The summed E-state index contributed by atoms with van der Waals surface area (Å²) in [5.74, 6) is 0. The molecule has 26 heavy (non-hydrogen) atoms. The standard InChI is InChI=1S/C21H14N2S2.H2O/c1-2-7-15-14(6-1)12-13-18-21(15)23-20(25-18)11-5-10-19-22-16-8-3-4-9-17(16)24-19;/h1-13,22H;1H2. The van der Waals surface area contributed by atoms with Crippen LogP contribution in [0.2, 0.25) is 0 Å². The average Bonchev–Trinajstić information content (AvgIpc) is 3.25. The summed E-state index contributed by atoms with van der Waals surface area (Å²) in [6.45, 7) is 0. The van der Waals surface area contributed by atoms with E-state index < -0.39 is 0 Å². The van der Waals surface area contributed by atoms with Crippen molar-refractivity contribution in [3.63, 3.8) is 0 Å². The number of para-hydroxylation sites is 1. The lowest BCUT2D eigenvalue weighted by atomic mass is 10.1. The molecule has 0 aliphatic carbocycles. The number of hydrogen-bond acceptors (Lipinski definition) is 4. The molecule has 5 heteroatoms. The van der Waals surface area contributed by atoms with Crippen LogP contribution in [0.15, 0.2) is 82.7 Å². The minimum absolute atomic E-state index is 0. The van der Waals surface area contributed by atoms with Crippen molar-refractivity contribution in [3.05, 3.63) is 82.9 Å². The summed E-state index contributed by atoms with van der Waals surface area (Å²) in [4.78, 5) is 6.09. The lowest BCUT2D eigenvalue weighted by Crippen LogP contribution is -1.86. The van der Waals surface area contributed by atoms with Crippen molar-refractivity contribution in [2.75, 3.05) is 5.32 Å². The number of allylic oxidation sites excluding steroid dienone is 2. The molecule has 0 saturated carbocycles. The van der Waals surface area contributed by atoms with E-state index in [1.54, 1.807) is 23.1 Å². The van der Waals surface area contributed by atoms with Gasteiger partial charge >= 0.3 is 0 Å². The molecule has 3 nitrogen and oxygen atoms in total. The Kier molecular flexibility index (Phi) is 4.51. The number of nitrogens with zero attached hydrogens (tertiary/aromatic N) is 1. The molecule has 0 saturated heterocycles. The zero-order chi connectivity index (χ0) is 16.6. The Balaban J connectivity index is 0.00000168. The second-order valence-corrected chi connectivity index (χ2v) is 7.94. The van der Waals surface area contributed by atoms with E-state index in [0.717, 1.165) is 15.6 Å². The largest absolute Gasteiger partial charge is 0.412 e. The Hall–Kier alpha value is -2.60. The molecular weight excluding hydrogens is 360 g/mol. The van der Waals surface area contributed by atoms with Gasteiger partial charge in [-0.1, -0.05) is 60.3 Å². The number of fused-ring (bicyclic) bond motifs is 4. The highest BCUT2D eigenvalue weighted by Gasteiger charge is 2.13. The fraction of sp³-hybridized carbons (Fsp3) is 0. The van der Waals surface area contributed by atoms with Gasteiger partial charge in [0.2, 0.25) is 0 Å². The maximum Gasteiger partial charge on any atom is 0.117 e. The highest BCUT2D eigenvalue weighted by atomic mass is 32.2. The van der Waals surface area contributed by atoms with E-state index in [4.69, 9.17) is 4.98 Å². The van der Waals surface area contributed by atoms with Crippen molar-refractivity contribution < 1.29 is 5.48 Å². The van der Waals surface area contributed by atoms with Crippen molar-refractivity contribution in [1.29, 1.82) is 0 Å². The van der Waals surface area contributed by atoms with E-state index in [1.807, 2.05) is 0 Å². The quantitative estimate of drug-likeness (QED) is 0.488. The lowest BCUT2D eigenvalue weighted by Gasteiger charge is -1.96. The van der Waals surface area contributed by atoms with Gasteiger partial charge in [-0.3, -0.25) is 0 Å². The van der Waals surface area contributed by atoms with Crippen molar-refractivity contribution in [3.8, 4) is 0 Å². The molecule has 1 aliphatic heterocycles. The molecule has 0 atom stereocenters. The van der Waals surface area contributed by atoms with Crippen LogP contribution in [0.1, 0.15) is 5.01 Å². The molecule has 0 amide bonds. The van der Waals surface area contributed by atoms with Gasteiger partial charge in [0, 0.05) is 10.3 Å². The fourth-order valence-corrected chi connectivity index (χ4v) is 4.80. The molecule has 3 N–H and O–H groups in total. The van der Waals surface area contributed by atoms with Gasteiger partial charge < -0.3 is 10.8 Å². The SMILES string of the molecule is C(=Cc1nc2c(ccc3ccccc32)s1)C=C1Nc2ccccc2S1.O. The molecule has 5 rings (SSSR count). The summed E-state index contributed by atoms with van der Waals surface area (Å²) in [6, 6.07) is 21.1. The number of thioether (sulfide) groups is 1. The van der Waals surface area contributed by atoms with Crippen LogP contribution in [0.4, 0.5) is 5.69 Å². The van der Waals surface area contributed by atoms with Crippen LogP contribution in [0.3, 0.4) is 0 Å². The average molecular weight is 377 g/mol. The van der Waals surface area contributed by atoms with Crippen LogP contribution in [-0.4, -0.2) is 10.5 Å². The summed E-state index contributed by atoms with van der Waals surface area (Å²) in [5.41, 5.74) is 2.27. The van der Waals surface area contributed by atoms with Crippen molar-refractivity contribution in [2.45, 2.75) is 4.90 Å². The van der Waals surface area contributed by atoms with Gasteiger partial charge in [0.05, 0.1) is 20.9 Å². The predicted octanol–water partition coefficient (Wildman–Crippen LogP) is 5.70. The summed E-state index contributed by atoms with van der Waals surface area (Å²) in [7, 11) is 0. The number of hydrogen-bond donors (Lipinski definition) is 1. The molecule has 1 aliphatic rings. The first-order valence-electron chi connectivity index (χ1n) is 8.07. The summed E-state index contributed by atoms with van der Waals surface area (Å²) < 4.78 is 1.23. The molecule has 0 fully saturated rings. The highest BCUT2D eigenvalue weighted by molar-refractivity contribution is 8.03. The number of benzene rings is 3. The first-order valence-corrected chi connectivity index (χ1v) is 9.71. The second kappa shape index (κ2) is 6.96. The molecule has 0 bridgehead atoms. The van der Waals surface area contributed by atoms with Crippen molar-refractivity contribution >= 4 is 55.9 Å². The van der Waals surface area contributed by atoms with Gasteiger partial charge in [0.1, 0.15) is 5.01 Å². The maximum absolute atomic E-state index is 4.82. The lowest BCUT2D eigenvalue weighted by molar-refractivity contribution is 0.824. The highest BCUT2D eigenvalue weighted by Crippen LogP contribution is 2.40. The van der Waals surface area contributed by atoms with Gasteiger partial charge in [-0.25, -0.2) is 4.98 Å². The Bertz CT molecular complexity index is 1130. The Morgan fingerprint density at radius 3 is 2.69 bits per heavy atom. The number of aromatic nitrogens is 1. The van der Waals surface area contributed by atoms with Gasteiger partial charge in [-0.15, -0.1) is 11.3 Å².